The van der Waals surface area contributed by atoms with E-state index in [0.717, 1.165) is 4.57 Å². The van der Waals surface area contributed by atoms with Crippen LogP contribution in [0.2, 0.25) is 0 Å². The molecule has 104 valence electrons. The number of carboxylic acid groups (broad SMARTS) is 1. The van der Waals surface area contributed by atoms with Crippen molar-refractivity contribution in [1.29, 1.82) is 0 Å². The standard InChI is InChI=1S/C14H11F2NO3/c1-7-4-9(11-5-14(11,15)16)10(6-18)8-2-3-17(12(7)8)13(19)20/h2-4,6,11H,5H2,1H3,(H,19,20). The molecule has 1 aromatic heterocycles. The normalized spacial score (nSPS) is 20.1. The van der Waals surface area contributed by atoms with Crippen molar-refractivity contribution in [2.24, 2.45) is 0 Å². The lowest BCUT2D eigenvalue weighted by molar-refractivity contribution is 0.110. The van der Waals surface area contributed by atoms with Crippen molar-refractivity contribution in [2.75, 3.05) is 0 Å². The molecule has 6 heteroatoms. The third-order valence-electron chi connectivity index (χ3n) is 3.76. The summed E-state index contributed by atoms with van der Waals surface area (Å²) in [4.78, 5) is 22.4. The van der Waals surface area contributed by atoms with Crippen LogP contribution in [-0.2, 0) is 0 Å². The fourth-order valence-corrected chi connectivity index (χ4v) is 2.72. The number of hydrogen-bond donors (Lipinski definition) is 1. The van der Waals surface area contributed by atoms with Gasteiger partial charge >= 0.3 is 6.09 Å². The van der Waals surface area contributed by atoms with Crippen LogP contribution in [0.4, 0.5) is 13.6 Å². The highest BCUT2D eigenvalue weighted by atomic mass is 19.3. The van der Waals surface area contributed by atoms with Crippen molar-refractivity contribution in [3.8, 4) is 0 Å². The predicted octanol–water partition coefficient (Wildman–Crippen LogP) is 3.41. The smallest absolute Gasteiger partial charge is 0.416 e. The highest BCUT2D eigenvalue weighted by molar-refractivity contribution is 6.03. The Morgan fingerprint density at radius 3 is 2.70 bits per heavy atom. The maximum atomic E-state index is 13.2. The number of carbonyl (C=O) groups excluding carboxylic acids is 1. The lowest BCUT2D eigenvalue weighted by Gasteiger charge is -2.10. The van der Waals surface area contributed by atoms with Crippen LogP contribution in [0, 0.1) is 6.92 Å². The Hall–Kier alpha value is -2.24. The summed E-state index contributed by atoms with van der Waals surface area (Å²) < 4.78 is 27.5. The number of carbonyl (C=O) groups is 2. The molecule has 1 unspecified atom stereocenters. The number of alkyl halides is 2. The van der Waals surface area contributed by atoms with E-state index in [-0.39, 0.29) is 12.0 Å². The Bertz CT molecular complexity index is 748. The van der Waals surface area contributed by atoms with E-state index in [2.05, 4.69) is 0 Å². The van der Waals surface area contributed by atoms with Crippen LogP contribution in [0.1, 0.15) is 33.8 Å². The second-order valence-electron chi connectivity index (χ2n) is 5.06. The zero-order chi connectivity index (χ0) is 14.7. The highest BCUT2D eigenvalue weighted by Crippen LogP contribution is 2.57. The predicted molar refractivity (Wildman–Crippen MR) is 67.8 cm³/mol. The Balaban J connectivity index is 2.30. The average Bonchev–Trinajstić information content (AvgIpc) is 2.83. The van der Waals surface area contributed by atoms with Crippen LogP contribution in [0.25, 0.3) is 10.9 Å². The first kappa shape index (κ1) is 12.8. The summed E-state index contributed by atoms with van der Waals surface area (Å²) in [5, 5.41) is 9.49. The van der Waals surface area contributed by atoms with Crippen LogP contribution in [0.3, 0.4) is 0 Å². The van der Waals surface area contributed by atoms with Gasteiger partial charge in [0.1, 0.15) is 0 Å². The molecule has 1 atom stereocenters. The number of aldehydes is 1. The maximum Gasteiger partial charge on any atom is 0.416 e. The van der Waals surface area contributed by atoms with E-state index in [4.69, 9.17) is 5.11 Å². The molecule has 4 nitrogen and oxygen atoms in total. The van der Waals surface area contributed by atoms with Crippen molar-refractivity contribution in [1.82, 2.24) is 4.57 Å². The molecule has 1 N–H and O–H groups in total. The molecule has 1 aromatic carbocycles. The van der Waals surface area contributed by atoms with E-state index in [9.17, 15) is 18.4 Å². The van der Waals surface area contributed by atoms with E-state index in [0.29, 0.717) is 28.3 Å². The summed E-state index contributed by atoms with van der Waals surface area (Å²) in [5.74, 6) is -3.72. The van der Waals surface area contributed by atoms with Crippen molar-refractivity contribution < 1.29 is 23.5 Å². The SMILES string of the molecule is Cc1cc(C2CC2(F)F)c(C=O)c2ccn(C(=O)O)c12. The fourth-order valence-electron chi connectivity index (χ4n) is 2.72. The minimum Gasteiger partial charge on any atom is -0.464 e. The Morgan fingerprint density at radius 1 is 1.55 bits per heavy atom. The van der Waals surface area contributed by atoms with Crippen LogP contribution < -0.4 is 0 Å². The van der Waals surface area contributed by atoms with E-state index in [1.165, 1.54) is 18.3 Å². The summed E-state index contributed by atoms with van der Waals surface area (Å²) in [6.07, 6.45) is 0.405. The molecule has 1 heterocycles. The van der Waals surface area contributed by atoms with E-state index in [1.807, 2.05) is 0 Å². The van der Waals surface area contributed by atoms with Gasteiger partial charge in [-0.05, 0) is 24.1 Å². The second-order valence-corrected chi connectivity index (χ2v) is 5.06. The minimum absolute atomic E-state index is 0.160. The molecule has 1 saturated carbocycles. The van der Waals surface area contributed by atoms with Gasteiger partial charge in [0, 0.05) is 23.6 Å². The van der Waals surface area contributed by atoms with Crippen LogP contribution in [0.15, 0.2) is 18.3 Å². The minimum atomic E-state index is -2.77. The number of aryl methyl sites for hydroxylation is 1. The summed E-state index contributed by atoms with van der Waals surface area (Å²) in [6, 6.07) is 2.97. The van der Waals surface area contributed by atoms with Crippen molar-refractivity contribution in [2.45, 2.75) is 25.2 Å². The zero-order valence-corrected chi connectivity index (χ0v) is 10.6. The van der Waals surface area contributed by atoms with Gasteiger partial charge in [-0.2, -0.15) is 0 Å². The largest absolute Gasteiger partial charge is 0.464 e. The van der Waals surface area contributed by atoms with Crippen molar-refractivity contribution >= 4 is 23.3 Å². The summed E-state index contributed by atoms with van der Waals surface area (Å²) in [5.41, 5.74) is 1.40. The second kappa shape index (κ2) is 3.88. The molecule has 0 saturated heterocycles. The molecule has 2 aromatic rings. The molecule has 3 rings (SSSR count). The molecule has 0 amide bonds. The molecule has 20 heavy (non-hydrogen) atoms. The molecular formula is C14H11F2NO3. The van der Waals surface area contributed by atoms with Gasteiger partial charge < -0.3 is 5.11 Å². The zero-order valence-electron chi connectivity index (χ0n) is 10.6. The van der Waals surface area contributed by atoms with Gasteiger partial charge in [-0.3, -0.25) is 9.36 Å². The molecule has 0 bridgehead atoms. The van der Waals surface area contributed by atoms with Gasteiger partial charge in [0.15, 0.2) is 6.29 Å². The number of hydrogen-bond acceptors (Lipinski definition) is 2. The maximum absolute atomic E-state index is 13.2. The van der Waals surface area contributed by atoms with Gasteiger partial charge in [0.2, 0.25) is 0 Å². The van der Waals surface area contributed by atoms with Crippen molar-refractivity contribution in [3.05, 3.63) is 35.0 Å². The fraction of sp³-hybridized carbons (Fsp3) is 0.286. The summed E-state index contributed by atoms with van der Waals surface area (Å²) in [7, 11) is 0. The van der Waals surface area contributed by atoms with Gasteiger partial charge in [0.05, 0.1) is 11.4 Å². The summed E-state index contributed by atoms with van der Waals surface area (Å²) in [6.45, 7) is 1.65. The van der Waals surface area contributed by atoms with Gasteiger partial charge in [-0.25, -0.2) is 13.6 Å². The van der Waals surface area contributed by atoms with Crippen molar-refractivity contribution in [3.63, 3.8) is 0 Å². The Morgan fingerprint density at radius 2 is 2.20 bits per heavy atom. The third-order valence-corrected chi connectivity index (χ3v) is 3.76. The van der Waals surface area contributed by atoms with Crippen LogP contribution in [0.5, 0.6) is 0 Å². The van der Waals surface area contributed by atoms with Gasteiger partial charge in [-0.1, -0.05) is 6.07 Å². The number of fused-ring (bicyclic) bond motifs is 1. The number of halogens is 2. The molecule has 0 spiro atoms. The molecule has 1 aliphatic rings. The quantitative estimate of drug-likeness (QED) is 0.857. The molecule has 0 radical (unpaired) electrons. The number of rotatable bonds is 2. The van der Waals surface area contributed by atoms with E-state index in [1.54, 1.807) is 6.92 Å². The van der Waals surface area contributed by atoms with E-state index < -0.39 is 17.9 Å². The van der Waals surface area contributed by atoms with Gasteiger partial charge in [-0.15, -0.1) is 0 Å². The molecular weight excluding hydrogens is 268 g/mol. The third kappa shape index (κ3) is 1.64. The number of aromatic nitrogens is 1. The molecule has 1 aliphatic carbocycles. The highest BCUT2D eigenvalue weighted by Gasteiger charge is 2.58. The average molecular weight is 279 g/mol. The molecule has 0 aliphatic heterocycles. The first-order valence-electron chi connectivity index (χ1n) is 6.07. The Kier molecular flexibility index (Phi) is 2.48. The molecule has 1 fully saturated rings. The lowest BCUT2D eigenvalue weighted by atomic mass is 9.97. The van der Waals surface area contributed by atoms with E-state index >= 15 is 0 Å². The van der Waals surface area contributed by atoms with Crippen LogP contribution >= 0.6 is 0 Å². The summed E-state index contributed by atoms with van der Waals surface area (Å²) >= 11 is 0. The lowest BCUT2D eigenvalue weighted by Crippen LogP contribution is -2.07. The monoisotopic (exact) mass is 279 g/mol. The number of benzene rings is 1. The first-order valence-corrected chi connectivity index (χ1v) is 6.07. The Labute approximate surface area is 112 Å². The number of nitrogens with zero attached hydrogens (tertiary/aromatic N) is 1. The van der Waals surface area contributed by atoms with Crippen LogP contribution in [-0.4, -0.2) is 28.0 Å². The topological polar surface area (TPSA) is 59.3 Å². The van der Waals surface area contributed by atoms with Gasteiger partial charge in [0.25, 0.3) is 5.92 Å². The first-order chi connectivity index (χ1) is 9.36.